The van der Waals surface area contributed by atoms with Crippen molar-refractivity contribution in [2.75, 3.05) is 52.9 Å². The predicted octanol–water partition coefficient (Wildman–Crippen LogP) is 3.97. The standard InChI is InChI=1S/C28H34N2O8S/c1-7-38-22-11-9-21(10-12-22)30(39(32,33)23-13-15-25(35-4)27(17-23)37-6)19-28(31)29(2)18-20-8-14-24(34-3)26(16-20)36-5/h8-17H,7,18-19H2,1-6H3. The van der Waals surface area contributed by atoms with E-state index < -0.39 is 22.5 Å². The zero-order chi connectivity index (χ0) is 28.6. The monoisotopic (exact) mass is 558 g/mol. The molecular formula is C28H34N2O8S. The van der Waals surface area contributed by atoms with Gasteiger partial charge in [-0.15, -0.1) is 0 Å². The molecule has 0 aliphatic carbocycles. The Morgan fingerprint density at radius 2 is 1.33 bits per heavy atom. The van der Waals surface area contributed by atoms with Crippen LogP contribution in [0.25, 0.3) is 0 Å². The van der Waals surface area contributed by atoms with Crippen LogP contribution in [-0.2, 0) is 21.4 Å². The Balaban J connectivity index is 1.94. The van der Waals surface area contributed by atoms with Gasteiger partial charge in [0.05, 0.1) is 45.6 Å². The number of amides is 1. The van der Waals surface area contributed by atoms with Gasteiger partial charge in [0.2, 0.25) is 5.91 Å². The van der Waals surface area contributed by atoms with Gasteiger partial charge in [0, 0.05) is 19.7 Å². The van der Waals surface area contributed by atoms with Crippen molar-refractivity contribution in [3.05, 3.63) is 66.2 Å². The maximum absolute atomic E-state index is 13.9. The molecule has 0 unspecified atom stereocenters. The Morgan fingerprint density at radius 3 is 1.90 bits per heavy atom. The number of nitrogens with zero attached hydrogens (tertiary/aromatic N) is 2. The molecule has 3 rings (SSSR count). The first-order valence-corrected chi connectivity index (χ1v) is 13.5. The summed E-state index contributed by atoms with van der Waals surface area (Å²) < 4.78 is 55.5. The molecule has 0 bridgehead atoms. The van der Waals surface area contributed by atoms with Gasteiger partial charge in [0.15, 0.2) is 23.0 Å². The molecule has 0 aliphatic heterocycles. The SMILES string of the molecule is CCOc1ccc(N(CC(=O)N(C)Cc2ccc(OC)c(OC)c2)S(=O)(=O)c2ccc(OC)c(OC)c2)cc1. The van der Waals surface area contributed by atoms with Gasteiger partial charge < -0.3 is 28.6 Å². The van der Waals surface area contributed by atoms with Crippen LogP contribution in [0, 0.1) is 0 Å². The topological polar surface area (TPSA) is 104 Å². The summed E-state index contributed by atoms with van der Waals surface area (Å²) in [6.45, 7) is 2.11. The summed E-state index contributed by atoms with van der Waals surface area (Å²) in [5.74, 6) is 1.90. The summed E-state index contributed by atoms with van der Waals surface area (Å²) >= 11 is 0. The van der Waals surface area contributed by atoms with Crippen LogP contribution in [0.3, 0.4) is 0 Å². The van der Waals surface area contributed by atoms with Crippen LogP contribution < -0.4 is 28.0 Å². The van der Waals surface area contributed by atoms with Gasteiger partial charge in [-0.2, -0.15) is 0 Å². The maximum Gasteiger partial charge on any atom is 0.264 e. The van der Waals surface area contributed by atoms with Crippen molar-refractivity contribution in [2.45, 2.75) is 18.4 Å². The van der Waals surface area contributed by atoms with Crippen molar-refractivity contribution < 1.29 is 36.9 Å². The summed E-state index contributed by atoms with van der Waals surface area (Å²) in [6.07, 6.45) is 0. The van der Waals surface area contributed by atoms with E-state index in [1.807, 2.05) is 13.0 Å². The quantitative estimate of drug-likeness (QED) is 0.311. The van der Waals surface area contributed by atoms with E-state index in [4.69, 9.17) is 23.7 Å². The number of anilines is 1. The second-order valence-electron chi connectivity index (χ2n) is 8.39. The number of carbonyl (C=O) groups is 1. The van der Waals surface area contributed by atoms with E-state index in [0.29, 0.717) is 35.3 Å². The highest BCUT2D eigenvalue weighted by Gasteiger charge is 2.29. The molecule has 1 amide bonds. The molecule has 3 aromatic carbocycles. The molecule has 0 saturated carbocycles. The molecule has 11 heteroatoms. The number of carbonyl (C=O) groups excluding carboxylic acids is 1. The Morgan fingerprint density at radius 1 is 0.769 bits per heavy atom. The van der Waals surface area contributed by atoms with Gasteiger partial charge in [-0.25, -0.2) is 8.42 Å². The van der Waals surface area contributed by atoms with Gasteiger partial charge in [-0.1, -0.05) is 6.07 Å². The Bertz CT molecular complexity index is 1380. The molecular weight excluding hydrogens is 524 g/mol. The highest BCUT2D eigenvalue weighted by atomic mass is 32.2. The van der Waals surface area contributed by atoms with E-state index in [1.165, 1.54) is 44.4 Å². The van der Waals surface area contributed by atoms with Gasteiger partial charge >= 0.3 is 0 Å². The Kier molecular flexibility index (Phi) is 9.89. The van der Waals surface area contributed by atoms with Gasteiger partial charge in [0.1, 0.15) is 12.3 Å². The molecule has 3 aromatic rings. The van der Waals surface area contributed by atoms with E-state index >= 15 is 0 Å². The van der Waals surface area contributed by atoms with Crippen LogP contribution in [0.5, 0.6) is 28.7 Å². The third-order valence-corrected chi connectivity index (χ3v) is 7.72. The Labute approximate surface area is 229 Å². The largest absolute Gasteiger partial charge is 0.494 e. The van der Waals surface area contributed by atoms with E-state index in [0.717, 1.165) is 9.87 Å². The minimum Gasteiger partial charge on any atom is -0.494 e. The van der Waals surface area contributed by atoms with Crippen LogP contribution in [0.1, 0.15) is 12.5 Å². The first-order chi connectivity index (χ1) is 18.7. The average Bonchev–Trinajstić information content (AvgIpc) is 2.95. The van der Waals surface area contributed by atoms with Gasteiger partial charge in [-0.3, -0.25) is 9.10 Å². The molecule has 0 spiro atoms. The highest BCUT2D eigenvalue weighted by Crippen LogP contribution is 2.33. The lowest BCUT2D eigenvalue weighted by Gasteiger charge is -2.27. The summed E-state index contributed by atoms with van der Waals surface area (Å²) in [5, 5.41) is 0. The molecule has 210 valence electrons. The van der Waals surface area contributed by atoms with Crippen molar-refractivity contribution in [1.29, 1.82) is 0 Å². The third kappa shape index (κ3) is 6.85. The summed E-state index contributed by atoms with van der Waals surface area (Å²) in [7, 11) is 3.38. The number of hydrogen-bond donors (Lipinski definition) is 0. The number of rotatable bonds is 13. The van der Waals surface area contributed by atoms with Crippen LogP contribution in [-0.4, -0.2) is 67.9 Å². The average molecular weight is 559 g/mol. The molecule has 0 saturated heterocycles. The molecule has 0 aliphatic rings. The minimum atomic E-state index is -4.19. The second-order valence-corrected chi connectivity index (χ2v) is 10.3. The van der Waals surface area contributed by atoms with Crippen molar-refractivity contribution in [1.82, 2.24) is 4.90 Å². The lowest BCUT2D eigenvalue weighted by molar-refractivity contribution is -0.128. The zero-order valence-corrected chi connectivity index (χ0v) is 23.8. The lowest BCUT2D eigenvalue weighted by atomic mass is 10.2. The Hall–Kier alpha value is -4.12. The summed E-state index contributed by atoms with van der Waals surface area (Å²) in [5.41, 5.74) is 1.10. The van der Waals surface area contributed by atoms with E-state index in [9.17, 15) is 13.2 Å². The van der Waals surface area contributed by atoms with E-state index in [1.54, 1.807) is 50.6 Å². The normalized spacial score (nSPS) is 10.9. The molecule has 0 aromatic heterocycles. The second kappa shape index (κ2) is 13.1. The number of ether oxygens (including phenoxy) is 5. The van der Waals surface area contributed by atoms with Crippen LogP contribution in [0.4, 0.5) is 5.69 Å². The summed E-state index contributed by atoms with van der Waals surface area (Å²) in [4.78, 5) is 14.8. The third-order valence-electron chi connectivity index (χ3n) is 5.95. The molecule has 0 atom stereocenters. The maximum atomic E-state index is 13.9. The zero-order valence-electron chi connectivity index (χ0n) is 23.0. The fourth-order valence-electron chi connectivity index (χ4n) is 3.88. The summed E-state index contributed by atoms with van der Waals surface area (Å²) in [6, 6.07) is 16.2. The van der Waals surface area contributed by atoms with Gasteiger partial charge in [0.25, 0.3) is 10.0 Å². The van der Waals surface area contributed by atoms with Crippen molar-refractivity contribution in [3.63, 3.8) is 0 Å². The van der Waals surface area contributed by atoms with E-state index in [-0.39, 0.29) is 17.2 Å². The molecule has 0 fully saturated rings. The number of methoxy groups -OCH3 is 4. The van der Waals surface area contributed by atoms with Crippen LogP contribution in [0.2, 0.25) is 0 Å². The predicted molar refractivity (Wildman–Crippen MR) is 148 cm³/mol. The van der Waals surface area contributed by atoms with Crippen molar-refractivity contribution in [2.24, 2.45) is 0 Å². The van der Waals surface area contributed by atoms with Crippen LogP contribution >= 0.6 is 0 Å². The fraction of sp³-hybridized carbons (Fsp3) is 0.321. The van der Waals surface area contributed by atoms with Crippen molar-refractivity contribution in [3.8, 4) is 28.7 Å². The molecule has 0 heterocycles. The number of likely N-dealkylation sites (N-methyl/N-ethyl adjacent to an activating group) is 1. The molecule has 0 radical (unpaired) electrons. The van der Waals surface area contributed by atoms with Crippen molar-refractivity contribution >= 4 is 21.6 Å². The number of hydrogen-bond acceptors (Lipinski definition) is 8. The van der Waals surface area contributed by atoms with Crippen LogP contribution in [0.15, 0.2) is 65.6 Å². The smallest absolute Gasteiger partial charge is 0.264 e. The van der Waals surface area contributed by atoms with E-state index in [2.05, 4.69) is 0 Å². The molecule has 39 heavy (non-hydrogen) atoms. The first kappa shape index (κ1) is 29.4. The number of sulfonamides is 1. The number of benzene rings is 3. The highest BCUT2D eigenvalue weighted by molar-refractivity contribution is 7.92. The molecule has 10 nitrogen and oxygen atoms in total. The first-order valence-electron chi connectivity index (χ1n) is 12.1. The molecule has 0 N–H and O–H groups in total. The minimum absolute atomic E-state index is 0.0515. The fourth-order valence-corrected chi connectivity index (χ4v) is 5.31. The van der Waals surface area contributed by atoms with Gasteiger partial charge in [-0.05, 0) is 61.0 Å². The lowest BCUT2D eigenvalue weighted by Crippen LogP contribution is -2.41.